The zero-order chi connectivity index (χ0) is 23.7. The Morgan fingerprint density at radius 1 is 1.00 bits per heavy atom. The number of hydrogen-bond donors (Lipinski definition) is 1. The molecule has 0 aromatic heterocycles. The number of amides is 2. The maximum atomic E-state index is 13.1. The van der Waals surface area contributed by atoms with Gasteiger partial charge in [-0.05, 0) is 61.2 Å². The molecule has 0 aliphatic carbocycles. The molecule has 8 heteroatoms. The first-order valence-electron chi connectivity index (χ1n) is 10.6. The molecule has 2 aromatic carbocycles. The third kappa shape index (κ3) is 8.53. The standard InChI is InChI=1S/C24H29Cl3N2O3/c1-16(2)14-28-24(31)17(3)29(15-18-6-11-21(26)22(27)13-18)23(30)5-4-12-32-20-9-7-19(25)8-10-20/h6-11,13,16-17H,4-5,12,14-15H2,1-3H3,(H,28,31)/t17-/m1/s1. The van der Waals surface area contributed by atoms with Crippen LogP contribution < -0.4 is 10.1 Å². The normalized spacial score (nSPS) is 11.8. The van der Waals surface area contributed by atoms with Crippen LogP contribution in [0.5, 0.6) is 5.75 Å². The lowest BCUT2D eigenvalue weighted by Crippen LogP contribution is -2.48. The molecule has 0 saturated heterocycles. The van der Waals surface area contributed by atoms with E-state index in [1.165, 1.54) is 0 Å². The van der Waals surface area contributed by atoms with Gasteiger partial charge in [0, 0.05) is 24.5 Å². The van der Waals surface area contributed by atoms with Crippen LogP contribution in [0.15, 0.2) is 42.5 Å². The minimum absolute atomic E-state index is 0.136. The Hall–Kier alpha value is -1.95. The quantitative estimate of drug-likeness (QED) is 0.386. The molecule has 5 nitrogen and oxygen atoms in total. The maximum absolute atomic E-state index is 13.1. The number of nitrogens with zero attached hydrogens (tertiary/aromatic N) is 1. The number of hydrogen-bond acceptors (Lipinski definition) is 3. The molecule has 2 aromatic rings. The van der Waals surface area contributed by atoms with Crippen LogP contribution in [0.1, 0.15) is 39.2 Å². The van der Waals surface area contributed by atoms with Gasteiger partial charge in [0.05, 0.1) is 16.7 Å². The Labute approximate surface area is 205 Å². The Balaban J connectivity index is 2.02. The Kier molecular flexibility index (Phi) is 10.6. The second-order valence-corrected chi connectivity index (χ2v) is 9.24. The number of carbonyl (C=O) groups excluding carboxylic acids is 2. The van der Waals surface area contributed by atoms with E-state index < -0.39 is 6.04 Å². The van der Waals surface area contributed by atoms with Gasteiger partial charge in [0.2, 0.25) is 11.8 Å². The topological polar surface area (TPSA) is 58.6 Å². The van der Waals surface area contributed by atoms with Crippen LogP contribution in [-0.2, 0) is 16.1 Å². The molecule has 0 spiro atoms. The van der Waals surface area contributed by atoms with Crippen molar-refractivity contribution in [1.29, 1.82) is 0 Å². The summed E-state index contributed by atoms with van der Waals surface area (Å²) in [6.45, 7) is 6.95. The molecule has 2 rings (SSSR count). The monoisotopic (exact) mass is 498 g/mol. The van der Waals surface area contributed by atoms with Crippen molar-refractivity contribution in [3.8, 4) is 5.75 Å². The van der Waals surface area contributed by atoms with Crippen molar-refractivity contribution in [2.45, 2.75) is 46.2 Å². The fraction of sp³-hybridized carbons (Fsp3) is 0.417. The highest BCUT2D eigenvalue weighted by molar-refractivity contribution is 6.42. The average Bonchev–Trinajstić information content (AvgIpc) is 2.76. The van der Waals surface area contributed by atoms with Gasteiger partial charge in [-0.2, -0.15) is 0 Å². The molecule has 0 fully saturated rings. The van der Waals surface area contributed by atoms with Crippen LogP contribution >= 0.6 is 34.8 Å². The van der Waals surface area contributed by atoms with Crippen LogP contribution in [0, 0.1) is 5.92 Å². The van der Waals surface area contributed by atoms with Crippen molar-refractivity contribution < 1.29 is 14.3 Å². The molecular formula is C24H29Cl3N2O3. The molecule has 32 heavy (non-hydrogen) atoms. The van der Waals surface area contributed by atoms with E-state index in [2.05, 4.69) is 5.32 Å². The number of carbonyl (C=O) groups is 2. The number of halogens is 3. The minimum atomic E-state index is -0.632. The molecule has 0 unspecified atom stereocenters. The van der Waals surface area contributed by atoms with E-state index in [9.17, 15) is 9.59 Å². The summed E-state index contributed by atoms with van der Waals surface area (Å²) in [4.78, 5) is 27.3. The van der Waals surface area contributed by atoms with Crippen LogP contribution in [0.3, 0.4) is 0 Å². The molecule has 0 heterocycles. The van der Waals surface area contributed by atoms with E-state index in [1.54, 1.807) is 54.3 Å². The predicted octanol–water partition coefficient (Wildman–Crippen LogP) is 6.00. The number of ether oxygens (including phenoxy) is 1. The van der Waals surface area contributed by atoms with Crippen molar-refractivity contribution in [2.24, 2.45) is 5.92 Å². The molecule has 0 saturated carbocycles. The van der Waals surface area contributed by atoms with E-state index >= 15 is 0 Å². The van der Waals surface area contributed by atoms with Gasteiger partial charge in [-0.25, -0.2) is 0 Å². The van der Waals surface area contributed by atoms with E-state index in [4.69, 9.17) is 39.5 Å². The molecule has 1 N–H and O–H groups in total. The number of rotatable bonds is 11. The zero-order valence-electron chi connectivity index (χ0n) is 18.5. The predicted molar refractivity (Wildman–Crippen MR) is 131 cm³/mol. The lowest BCUT2D eigenvalue weighted by atomic mass is 10.1. The van der Waals surface area contributed by atoms with E-state index in [0.29, 0.717) is 46.3 Å². The SMILES string of the molecule is CC(C)CNC(=O)[C@@H](C)N(Cc1ccc(Cl)c(Cl)c1)C(=O)CCCOc1ccc(Cl)cc1. The van der Waals surface area contributed by atoms with Crippen LogP contribution in [0.2, 0.25) is 15.1 Å². The van der Waals surface area contributed by atoms with Crippen LogP contribution in [0.25, 0.3) is 0 Å². The average molecular weight is 500 g/mol. The smallest absolute Gasteiger partial charge is 0.242 e. The van der Waals surface area contributed by atoms with Gasteiger partial charge >= 0.3 is 0 Å². The second kappa shape index (κ2) is 12.9. The van der Waals surface area contributed by atoms with Gasteiger partial charge in [-0.15, -0.1) is 0 Å². The number of nitrogens with one attached hydrogen (secondary N) is 1. The summed E-state index contributed by atoms with van der Waals surface area (Å²) in [5.41, 5.74) is 0.800. The lowest BCUT2D eigenvalue weighted by molar-refractivity contribution is -0.140. The maximum Gasteiger partial charge on any atom is 0.242 e. The molecule has 1 atom stereocenters. The second-order valence-electron chi connectivity index (χ2n) is 7.99. The Morgan fingerprint density at radius 2 is 1.69 bits per heavy atom. The lowest BCUT2D eigenvalue weighted by Gasteiger charge is -2.29. The van der Waals surface area contributed by atoms with E-state index in [1.807, 2.05) is 13.8 Å². The molecule has 0 bridgehead atoms. The Morgan fingerprint density at radius 3 is 2.31 bits per heavy atom. The largest absolute Gasteiger partial charge is 0.494 e. The molecule has 174 valence electrons. The van der Waals surface area contributed by atoms with Gasteiger partial charge in [0.25, 0.3) is 0 Å². The molecule has 0 aliphatic heterocycles. The molecule has 0 radical (unpaired) electrons. The first-order chi connectivity index (χ1) is 15.2. The molecule has 0 aliphatic rings. The highest BCUT2D eigenvalue weighted by Gasteiger charge is 2.26. The summed E-state index contributed by atoms with van der Waals surface area (Å²) in [7, 11) is 0. The van der Waals surface area contributed by atoms with Crippen molar-refractivity contribution in [3.05, 3.63) is 63.1 Å². The van der Waals surface area contributed by atoms with Gasteiger partial charge in [0.1, 0.15) is 11.8 Å². The highest BCUT2D eigenvalue weighted by atomic mass is 35.5. The summed E-state index contributed by atoms with van der Waals surface area (Å²) in [6, 6.07) is 11.6. The summed E-state index contributed by atoms with van der Waals surface area (Å²) >= 11 is 18.0. The van der Waals surface area contributed by atoms with Crippen LogP contribution in [0.4, 0.5) is 0 Å². The zero-order valence-corrected chi connectivity index (χ0v) is 20.8. The summed E-state index contributed by atoms with van der Waals surface area (Å²) in [5.74, 6) is 0.679. The van der Waals surface area contributed by atoms with E-state index in [-0.39, 0.29) is 24.8 Å². The summed E-state index contributed by atoms with van der Waals surface area (Å²) in [6.07, 6.45) is 0.760. The molecule has 2 amide bonds. The van der Waals surface area contributed by atoms with Gasteiger partial charge in [0.15, 0.2) is 0 Å². The third-order valence-corrected chi connectivity index (χ3v) is 5.80. The first kappa shape index (κ1) is 26.3. The summed E-state index contributed by atoms with van der Waals surface area (Å²) in [5, 5.41) is 4.38. The number of benzene rings is 2. The molecular weight excluding hydrogens is 471 g/mol. The Bertz CT molecular complexity index is 904. The highest BCUT2D eigenvalue weighted by Crippen LogP contribution is 2.24. The van der Waals surface area contributed by atoms with Crippen molar-refractivity contribution in [2.75, 3.05) is 13.2 Å². The van der Waals surface area contributed by atoms with Crippen molar-refractivity contribution in [1.82, 2.24) is 10.2 Å². The van der Waals surface area contributed by atoms with Gasteiger partial charge in [-0.1, -0.05) is 54.7 Å². The first-order valence-corrected chi connectivity index (χ1v) is 11.7. The van der Waals surface area contributed by atoms with Gasteiger partial charge in [-0.3, -0.25) is 9.59 Å². The third-order valence-electron chi connectivity index (χ3n) is 4.81. The van der Waals surface area contributed by atoms with Crippen LogP contribution in [-0.4, -0.2) is 35.9 Å². The van der Waals surface area contributed by atoms with Crippen molar-refractivity contribution in [3.63, 3.8) is 0 Å². The fourth-order valence-corrected chi connectivity index (χ4v) is 3.40. The van der Waals surface area contributed by atoms with Gasteiger partial charge < -0.3 is 15.0 Å². The van der Waals surface area contributed by atoms with E-state index in [0.717, 1.165) is 5.56 Å². The fourth-order valence-electron chi connectivity index (χ4n) is 2.96. The minimum Gasteiger partial charge on any atom is -0.494 e. The summed E-state index contributed by atoms with van der Waals surface area (Å²) < 4.78 is 5.67. The van der Waals surface area contributed by atoms with Crippen molar-refractivity contribution >= 4 is 46.6 Å².